The normalized spacial score (nSPS) is 10.3. The highest BCUT2D eigenvalue weighted by Crippen LogP contribution is 2.14. The van der Waals surface area contributed by atoms with Crippen molar-refractivity contribution in [2.45, 2.75) is 6.54 Å². The summed E-state index contributed by atoms with van der Waals surface area (Å²) in [6.07, 6.45) is 3.37. The number of anilines is 1. The van der Waals surface area contributed by atoms with E-state index < -0.39 is 0 Å². The summed E-state index contributed by atoms with van der Waals surface area (Å²) < 4.78 is 18.5. The van der Waals surface area contributed by atoms with E-state index in [2.05, 4.69) is 20.6 Å². The molecule has 0 aliphatic rings. The molecule has 25 heavy (non-hydrogen) atoms. The molecule has 3 aromatic rings. The van der Waals surface area contributed by atoms with Crippen LogP contribution in [0.5, 0.6) is 5.75 Å². The summed E-state index contributed by atoms with van der Waals surface area (Å²) >= 11 is 0. The van der Waals surface area contributed by atoms with Crippen LogP contribution in [0.1, 0.15) is 5.56 Å². The third kappa shape index (κ3) is 5.46. The number of nitrogens with one attached hydrogen (secondary N) is 1. The average Bonchev–Trinajstić information content (AvgIpc) is 2.67. The van der Waals surface area contributed by atoms with E-state index in [1.54, 1.807) is 30.6 Å². The molecule has 0 bridgehead atoms. The highest BCUT2D eigenvalue weighted by molar-refractivity contribution is 5.36. The Labute approximate surface area is 145 Å². The molecule has 0 spiro atoms. The van der Waals surface area contributed by atoms with Gasteiger partial charge in [-0.05, 0) is 48.0 Å². The maximum atomic E-state index is 12.9. The van der Waals surface area contributed by atoms with Crippen molar-refractivity contribution in [1.82, 2.24) is 15.3 Å². The van der Waals surface area contributed by atoms with Gasteiger partial charge in [0.25, 0.3) is 0 Å². The Morgan fingerprint density at radius 3 is 2.40 bits per heavy atom. The van der Waals surface area contributed by atoms with E-state index in [4.69, 9.17) is 4.74 Å². The van der Waals surface area contributed by atoms with Gasteiger partial charge in [-0.25, -0.2) is 14.4 Å². The fourth-order valence-corrected chi connectivity index (χ4v) is 2.14. The molecule has 127 valence electrons. The first-order valence-corrected chi connectivity index (χ1v) is 7.95. The van der Waals surface area contributed by atoms with Crippen molar-refractivity contribution in [3.8, 4) is 5.75 Å². The van der Waals surface area contributed by atoms with Crippen molar-refractivity contribution in [2.75, 3.05) is 18.5 Å². The summed E-state index contributed by atoms with van der Waals surface area (Å²) in [6.45, 7) is 1.67. The molecule has 0 saturated heterocycles. The fourth-order valence-electron chi connectivity index (χ4n) is 2.14. The molecule has 0 fully saturated rings. The lowest BCUT2D eigenvalue weighted by atomic mass is 10.2. The molecule has 6 heteroatoms. The SMILES string of the molecule is Fc1ccc([N]Cc2ccc(OCCNc3ncccn3)cc2)cc1. The summed E-state index contributed by atoms with van der Waals surface area (Å²) in [7, 11) is 0. The van der Waals surface area contributed by atoms with Crippen LogP contribution in [0.15, 0.2) is 67.0 Å². The van der Waals surface area contributed by atoms with E-state index in [0.29, 0.717) is 25.6 Å². The largest absolute Gasteiger partial charge is 0.492 e. The van der Waals surface area contributed by atoms with Gasteiger partial charge in [-0.15, -0.1) is 0 Å². The van der Waals surface area contributed by atoms with Crippen molar-refractivity contribution in [3.05, 3.63) is 78.4 Å². The van der Waals surface area contributed by atoms with Gasteiger partial charge in [0.2, 0.25) is 5.95 Å². The van der Waals surface area contributed by atoms with Crippen LogP contribution in [0.2, 0.25) is 0 Å². The Hall–Kier alpha value is -3.15. The second-order valence-corrected chi connectivity index (χ2v) is 5.28. The van der Waals surface area contributed by atoms with Crippen LogP contribution in [-0.2, 0) is 6.54 Å². The van der Waals surface area contributed by atoms with Crippen molar-refractivity contribution >= 4 is 11.6 Å². The Bertz CT molecular complexity index is 764. The molecule has 0 atom stereocenters. The Kier molecular flexibility index (Phi) is 5.77. The zero-order valence-corrected chi connectivity index (χ0v) is 13.6. The van der Waals surface area contributed by atoms with Gasteiger partial charge < -0.3 is 10.1 Å². The predicted octanol–water partition coefficient (Wildman–Crippen LogP) is 3.54. The lowest BCUT2D eigenvalue weighted by Crippen LogP contribution is -2.13. The van der Waals surface area contributed by atoms with Crippen LogP contribution in [0.3, 0.4) is 0 Å². The van der Waals surface area contributed by atoms with Crippen LogP contribution in [0.25, 0.3) is 0 Å². The molecule has 0 unspecified atom stereocenters. The van der Waals surface area contributed by atoms with Gasteiger partial charge >= 0.3 is 0 Å². The molecule has 1 radical (unpaired) electrons. The zero-order valence-electron chi connectivity index (χ0n) is 13.6. The van der Waals surface area contributed by atoms with Gasteiger partial charge in [0.1, 0.15) is 18.2 Å². The van der Waals surface area contributed by atoms with E-state index in [9.17, 15) is 4.39 Å². The monoisotopic (exact) mass is 337 g/mol. The second-order valence-electron chi connectivity index (χ2n) is 5.28. The molecule has 1 heterocycles. The van der Waals surface area contributed by atoms with Crippen molar-refractivity contribution in [1.29, 1.82) is 0 Å². The molecule has 0 aliphatic carbocycles. The van der Waals surface area contributed by atoms with Crippen LogP contribution in [0, 0.1) is 5.82 Å². The lowest BCUT2D eigenvalue weighted by molar-refractivity contribution is 0.332. The molecular formula is C19H18FN4O. The molecule has 1 aromatic heterocycles. The number of ether oxygens (including phenoxy) is 1. The van der Waals surface area contributed by atoms with Crippen LogP contribution < -0.4 is 15.4 Å². The van der Waals surface area contributed by atoms with E-state index in [1.165, 1.54) is 12.1 Å². The fraction of sp³-hybridized carbons (Fsp3) is 0.158. The number of nitrogens with zero attached hydrogens (tertiary/aromatic N) is 3. The van der Waals surface area contributed by atoms with Crippen LogP contribution in [-0.4, -0.2) is 23.1 Å². The average molecular weight is 337 g/mol. The minimum atomic E-state index is -0.256. The van der Waals surface area contributed by atoms with Gasteiger partial charge in [0.15, 0.2) is 0 Å². The predicted molar refractivity (Wildman–Crippen MR) is 94.4 cm³/mol. The van der Waals surface area contributed by atoms with E-state index in [1.807, 2.05) is 24.3 Å². The van der Waals surface area contributed by atoms with Crippen molar-refractivity contribution in [2.24, 2.45) is 0 Å². The summed E-state index contributed by atoms with van der Waals surface area (Å²) in [6, 6.07) is 15.7. The smallest absolute Gasteiger partial charge is 0.222 e. The topological polar surface area (TPSA) is 61.1 Å². The summed E-state index contributed by atoms with van der Waals surface area (Å²) in [5.41, 5.74) is 1.82. The molecular weight excluding hydrogens is 319 g/mol. The van der Waals surface area contributed by atoms with Gasteiger partial charge in [-0.3, -0.25) is 5.32 Å². The maximum Gasteiger partial charge on any atom is 0.222 e. The Morgan fingerprint density at radius 1 is 0.960 bits per heavy atom. The first kappa shape index (κ1) is 16.7. The molecule has 2 aromatic carbocycles. The third-order valence-corrected chi connectivity index (χ3v) is 3.41. The minimum Gasteiger partial charge on any atom is -0.492 e. The standard InChI is InChI=1S/C19H18FN4O/c20-16-4-6-17(7-5-16)24-14-15-2-8-18(9-3-15)25-13-12-23-19-21-10-1-11-22-19/h1-11H,12-14H2,(H,21,22,23). The highest BCUT2D eigenvalue weighted by atomic mass is 19.1. The quantitative estimate of drug-likeness (QED) is 0.639. The van der Waals surface area contributed by atoms with Gasteiger partial charge in [0.05, 0.1) is 18.8 Å². The minimum absolute atomic E-state index is 0.256. The lowest BCUT2D eigenvalue weighted by Gasteiger charge is -2.08. The first-order valence-electron chi connectivity index (χ1n) is 7.95. The number of benzene rings is 2. The van der Waals surface area contributed by atoms with Gasteiger partial charge in [-0.2, -0.15) is 0 Å². The summed E-state index contributed by atoms with van der Waals surface area (Å²) in [5.74, 6) is 1.12. The van der Waals surface area contributed by atoms with E-state index in [0.717, 1.165) is 17.0 Å². The Balaban J connectivity index is 1.40. The third-order valence-electron chi connectivity index (χ3n) is 3.41. The molecule has 0 amide bonds. The number of rotatable bonds is 8. The van der Waals surface area contributed by atoms with Crippen LogP contribution >= 0.6 is 0 Å². The number of aromatic nitrogens is 2. The van der Waals surface area contributed by atoms with E-state index in [-0.39, 0.29) is 5.82 Å². The van der Waals surface area contributed by atoms with Gasteiger partial charge in [0, 0.05) is 12.4 Å². The molecule has 1 N–H and O–H groups in total. The maximum absolute atomic E-state index is 12.9. The highest BCUT2D eigenvalue weighted by Gasteiger charge is 1.99. The number of hydrogen-bond acceptors (Lipinski definition) is 4. The second kappa shape index (κ2) is 8.63. The van der Waals surface area contributed by atoms with E-state index >= 15 is 0 Å². The van der Waals surface area contributed by atoms with Crippen molar-refractivity contribution < 1.29 is 9.13 Å². The molecule has 0 saturated carbocycles. The van der Waals surface area contributed by atoms with Crippen LogP contribution in [0.4, 0.5) is 16.0 Å². The number of hydrogen-bond donors (Lipinski definition) is 1. The zero-order chi connectivity index (χ0) is 17.3. The molecule has 3 rings (SSSR count). The Morgan fingerprint density at radius 2 is 1.68 bits per heavy atom. The van der Waals surface area contributed by atoms with Crippen molar-refractivity contribution in [3.63, 3.8) is 0 Å². The summed E-state index contributed by atoms with van der Waals surface area (Å²) in [4.78, 5) is 8.15. The summed E-state index contributed by atoms with van der Waals surface area (Å²) in [5, 5.41) is 7.50. The first-order chi connectivity index (χ1) is 12.3. The molecule has 0 aliphatic heterocycles. The molecule has 5 nitrogen and oxygen atoms in total. The number of halogens is 1. The van der Waals surface area contributed by atoms with Gasteiger partial charge in [-0.1, -0.05) is 12.1 Å².